The van der Waals surface area contributed by atoms with Crippen molar-refractivity contribution in [1.29, 1.82) is 0 Å². The van der Waals surface area contributed by atoms with E-state index >= 15 is 0 Å². The van der Waals surface area contributed by atoms with E-state index in [1.807, 2.05) is 18.7 Å². The van der Waals surface area contributed by atoms with Gasteiger partial charge in [-0.1, -0.05) is 25.4 Å². The third-order valence-electron chi connectivity index (χ3n) is 3.90. The average Bonchev–Trinajstić information content (AvgIpc) is 2.99. The zero-order valence-corrected chi connectivity index (χ0v) is 14.3. The molecule has 0 aliphatic rings. The molecule has 4 nitrogen and oxygen atoms in total. The molecule has 1 unspecified atom stereocenters. The minimum Gasteiger partial charge on any atom is -0.348 e. The second-order valence-electron chi connectivity index (χ2n) is 5.79. The van der Waals surface area contributed by atoms with E-state index in [1.54, 1.807) is 0 Å². The van der Waals surface area contributed by atoms with E-state index in [0.717, 1.165) is 29.5 Å². The Balaban J connectivity index is 2.24. The molecular formula is C16H25ClN4. The van der Waals surface area contributed by atoms with Gasteiger partial charge in [0, 0.05) is 25.0 Å². The Morgan fingerprint density at radius 3 is 2.67 bits per heavy atom. The van der Waals surface area contributed by atoms with E-state index in [0.29, 0.717) is 12.0 Å². The van der Waals surface area contributed by atoms with Gasteiger partial charge in [-0.3, -0.25) is 4.68 Å². The fraction of sp³-hybridized carbons (Fsp3) is 0.562. The topological polar surface area (TPSA) is 34.8 Å². The summed E-state index contributed by atoms with van der Waals surface area (Å²) < 4.78 is 4.16. The molecule has 0 amide bonds. The van der Waals surface area contributed by atoms with Crippen LogP contribution in [-0.2, 0) is 13.1 Å². The van der Waals surface area contributed by atoms with Gasteiger partial charge < -0.3 is 9.88 Å². The normalized spacial score (nSPS) is 13.1. The highest BCUT2D eigenvalue weighted by Gasteiger charge is 2.16. The molecule has 2 rings (SSSR count). The Labute approximate surface area is 132 Å². The molecule has 0 saturated carbocycles. The van der Waals surface area contributed by atoms with Crippen LogP contribution < -0.4 is 5.32 Å². The molecule has 1 atom stereocenters. The smallest absolute Gasteiger partial charge is 0.0865 e. The summed E-state index contributed by atoms with van der Waals surface area (Å²) in [7, 11) is 2.01. The maximum Gasteiger partial charge on any atom is 0.0865 e. The summed E-state index contributed by atoms with van der Waals surface area (Å²) in [5.74, 6) is 0.554. The van der Waals surface area contributed by atoms with Crippen molar-refractivity contribution >= 4 is 11.6 Å². The number of aromatic nitrogens is 3. The number of aryl methyl sites for hydroxylation is 2. The Bertz CT molecular complexity index is 597. The van der Waals surface area contributed by atoms with Gasteiger partial charge in [-0.05, 0) is 38.4 Å². The van der Waals surface area contributed by atoms with Crippen molar-refractivity contribution < 1.29 is 0 Å². The second-order valence-corrected chi connectivity index (χ2v) is 6.17. The zero-order chi connectivity index (χ0) is 15.6. The van der Waals surface area contributed by atoms with Gasteiger partial charge in [0.15, 0.2) is 0 Å². The number of hydrogen-bond acceptors (Lipinski definition) is 2. The van der Waals surface area contributed by atoms with Crippen molar-refractivity contribution in [1.82, 2.24) is 19.7 Å². The van der Waals surface area contributed by atoms with Crippen molar-refractivity contribution in [2.45, 2.75) is 46.8 Å². The molecule has 0 saturated heterocycles. The fourth-order valence-corrected chi connectivity index (χ4v) is 3.01. The minimum atomic E-state index is 0.375. The first-order valence-electron chi connectivity index (χ1n) is 7.52. The van der Waals surface area contributed by atoms with E-state index in [2.05, 4.69) is 54.2 Å². The van der Waals surface area contributed by atoms with E-state index in [-0.39, 0.29) is 0 Å². The van der Waals surface area contributed by atoms with Gasteiger partial charge in [0.1, 0.15) is 0 Å². The standard InChI is InChI=1S/C16H25ClN4/c1-6-21-14(15(17)12(4)19-21)10-20-8-7-13(9-20)16(18-5)11(2)3/h7-9,11,16,18H,6,10H2,1-5H3. The summed E-state index contributed by atoms with van der Waals surface area (Å²) in [5.41, 5.74) is 3.28. The maximum absolute atomic E-state index is 6.38. The number of nitrogens with one attached hydrogen (secondary N) is 1. The first-order valence-corrected chi connectivity index (χ1v) is 7.90. The number of rotatable bonds is 6. The Morgan fingerprint density at radius 2 is 2.10 bits per heavy atom. The van der Waals surface area contributed by atoms with Crippen LogP contribution in [0.1, 0.15) is 43.8 Å². The zero-order valence-electron chi connectivity index (χ0n) is 13.5. The van der Waals surface area contributed by atoms with E-state index < -0.39 is 0 Å². The molecule has 0 aromatic carbocycles. The summed E-state index contributed by atoms with van der Waals surface area (Å²) >= 11 is 6.38. The van der Waals surface area contributed by atoms with Crippen LogP contribution in [0.3, 0.4) is 0 Å². The van der Waals surface area contributed by atoms with E-state index in [1.165, 1.54) is 5.56 Å². The fourth-order valence-electron chi connectivity index (χ4n) is 2.82. The highest BCUT2D eigenvalue weighted by molar-refractivity contribution is 6.31. The third kappa shape index (κ3) is 3.33. The van der Waals surface area contributed by atoms with Crippen LogP contribution in [0.5, 0.6) is 0 Å². The van der Waals surface area contributed by atoms with Crippen molar-refractivity contribution in [3.8, 4) is 0 Å². The Morgan fingerprint density at radius 1 is 1.38 bits per heavy atom. The molecule has 21 heavy (non-hydrogen) atoms. The molecule has 0 bridgehead atoms. The van der Waals surface area contributed by atoms with Crippen molar-refractivity contribution in [2.75, 3.05) is 7.05 Å². The summed E-state index contributed by atoms with van der Waals surface area (Å²) in [6, 6.07) is 2.55. The predicted molar refractivity (Wildman–Crippen MR) is 87.8 cm³/mol. The molecule has 2 aromatic heterocycles. The molecule has 0 radical (unpaired) electrons. The summed E-state index contributed by atoms with van der Waals surface area (Å²) in [6.07, 6.45) is 4.31. The highest BCUT2D eigenvalue weighted by Crippen LogP contribution is 2.24. The molecule has 0 spiro atoms. The predicted octanol–water partition coefficient (Wildman–Crippen LogP) is 3.63. The molecule has 0 aliphatic carbocycles. The Hall–Kier alpha value is -1.26. The van der Waals surface area contributed by atoms with Gasteiger partial charge in [0.2, 0.25) is 0 Å². The number of nitrogens with zero attached hydrogens (tertiary/aromatic N) is 3. The number of halogens is 1. The lowest BCUT2D eigenvalue weighted by atomic mass is 9.99. The van der Waals surface area contributed by atoms with Gasteiger partial charge in [-0.2, -0.15) is 5.10 Å². The SMILES string of the molecule is CCn1nc(C)c(Cl)c1Cn1ccc(C(NC)C(C)C)c1. The molecule has 116 valence electrons. The van der Waals surface area contributed by atoms with Crippen LogP contribution in [0.2, 0.25) is 5.02 Å². The van der Waals surface area contributed by atoms with Gasteiger partial charge in [0.05, 0.1) is 23.0 Å². The van der Waals surface area contributed by atoms with Crippen LogP contribution >= 0.6 is 11.6 Å². The first kappa shape index (κ1) is 16.1. The lowest BCUT2D eigenvalue weighted by Crippen LogP contribution is -2.21. The first-order chi connectivity index (χ1) is 9.97. The largest absolute Gasteiger partial charge is 0.348 e. The van der Waals surface area contributed by atoms with Gasteiger partial charge in [0.25, 0.3) is 0 Å². The molecule has 5 heteroatoms. The van der Waals surface area contributed by atoms with Crippen LogP contribution in [0.25, 0.3) is 0 Å². The van der Waals surface area contributed by atoms with Crippen LogP contribution in [0.4, 0.5) is 0 Å². The second kappa shape index (κ2) is 6.67. The maximum atomic E-state index is 6.38. The van der Waals surface area contributed by atoms with Crippen molar-refractivity contribution in [3.05, 3.63) is 40.4 Å². The minimum absolute atomic E-state index is 0.375. The van der Waals surface area contributed by atoms with Crippen molar-refractivity contribution in [2.24, 2.45) is 5.92 Å². The Kier molecular flexibility index (Phi) is 5.12. The van der Waals surface area contributed by atoms with Crippen LogP contribution in [-0.4, -0.2) is 21.4 Å². The van der Waals surface area contributed by atoms with Crippen molar-refractivity contribution in [3.63, 3.8) is 0 Å². The average molecular weight is 309 g/mol. The molecule has 0 fully saturated rings. The summed E-state index contributed by atoms with van der Waals surface area (Å²) in [6.45, 7) is 10.1. The molecule has 0 aliphatic heterocycles. The quantitative estimate of drug-likeness (QED) is 0.884. The third-order valence-corrected chi connectivity index (χ3v) is 4.39. The van der Waals surface area contributed by atoms with Gasteiger partial charge >= 0.3 is 0 Å². The molecular weight excluding hydrogens is 284 g/mol. The van der Waals surface area contributed by atoms with E-state index in [4.69, 9.17) is 11.6 Å². The summed E-state index contributed by atoms with van der Waals surface area (Å²) in [5, 5.41) is 8.63. The van der Waals surface area contributed by atoms with E-state index in [9.17, 15) is 0 Å². The van der Waals surface area contributed by atoms with Gasteiger partial charge in [-0.25, -0.2) is 0 Å². The van der Waals surface area contributed by atoms with Crippen LogP contribution in [0, 0.1) is 12.8 Å². The number of hydrogen-bond donors (Lipinski definition) is 1. The monoisotopic (exact) mass is 308 g/mol. The molecule has 2 aromatic rings. The van der Waals surface area contributed by atoms with Crippen LogP contribution in [0.15, 0.2) is 18.5 Å². The van der Waals surface area contributed by atoms with Gasteiger partial charge in [-0.15, -0.1) is 0 Å². The molecule has 2 heterocycles. The lowest BCUT2D eigenvalue weighted by Gasteiger charge is -2.18. The summed E-state index contributed by atoms with van der Waals surface area (Å²) in [4.78, 5) is 0. The lowest BCUT2D eigenvalue weighted by molar-refractivity contribution is 0.442. The highest BCUT2D eigenvalue weighted by atomic mass is 35.5. The molecule has 1 N–H and O–H groups in total.